The molecule has 6 heteroatoms. The standard InChI is InChI=1S/C27H33ClN2O3/c1-2-33-27(32)23-11-7-15-29(19-23)26(31)22-13-14-25(21-9-4-3-5-10-21)30(18-22)17-20-8-6-12-24(28)16-20/h3-6,8-10,12,16,22-23,25H,2,7,11,13-15,17-19H2,1H3/t22-,23-,25+/m1/s1. The number of ether oxygens (including phenoxy) is 1. The summed E-state index contributed by atoms with van der Waals surface area (Å²) in [6.07, 6.45) is 3.42. The Balaban J connectivity index is 1.48. The van der Waals surface area contributed by atoms with Crippen LogP contribution in [0.15, 0.2) is 54.6 Å². The van der Waals surface area contributed by atoms with Crippen molar-refractivity contribution in [1.29, 1.82) is 0 Å². The second kappa shape index (κ2) is 11.2. The summed E-state index contributed by atoms with van der Waals surface area (Å²) in [4.78, 5) is 30.1. The predicted molar refractivity (Wildman–Crippen MR) is 130 cm³/mol. The number of hydrogen-bond donors (Lipinski definition) is 0. The fourth-order valence-corrected chi connectivity index (χ4v) is 5.44. The van der Waals surface area contributed by atoms with Crippen LogP contribution >= 0.6 is 11.6 Å². The Bertz CT molecular complexity index is 951. The molecule has 1 amide bonds. The van der Waals surface area contributed by atoms with Gasteiger partial charge in [0, 0.05) is 37.2 Å². The van der Waals surface area contributed by atoms with Crippen LogP contribution in [0.5, 0.6) is 0 Å². The Morgan fingerprint density at radius 3 is 2.58 bits per heavy atom. The average Bonchev–Trinajstić information content (AvgIpc) is 2.84. The molecule has 0 aliphatic carbocycles. The first-order valence-corrected chi connectivity index (χ1v) is 12.4. The van der Waals surface area contributed by atoms with Gasteiger partial charge in [-0.3, -0.25) is 14.5 Å². The minimum absolute atomic E-state index is 0.0647. The van der Waals surface area contributed by atoms with Crippen molar-refractivity contribution in [3.05, 3.63) is 70.7 Å². The molecule has 0 N–H and O–H groups in total. The van der Waals surface area contributed by atoms with E-state index in [1.165, 1.54) is 5.56 Å². The van der Waals surface area contributed by atoms with Gasteiger partial charge in [0.15, 0.2) is 0 Å². The fourth-order valence-electron chi connectivity index (χ4n) is 5.23. The number of hydrogen-bond acceptors (Lipinski definition) is 4. The van der Waals surface area contributed by atoms with E-state index < -0.39 is 0 Å². The maximum Gasteiger partial charge on any atom is 0.310 e. The van der Waals surface area contributed by atoms with Crippen molar-refractivity contribution in [1.82, 2.24) is 9.80 Å². The molecule has 5 nitrogen and oxygen atoms in total. The van der Waals surface area contributed by atoms with E-state index >= 15 is 0 Å². The highest BCUT2D eigenvalue weighted by atomic mass is 35.5. The number of piperidine rings is 2. The lowest BCUT2D eigenvalue weighted by Crippen LogP contribution is -2.49. The number of rotatable bonds is 6. The highest BCUT2D eigenvalue weighted by Gasteiger charge is 2.37. The summed E-state index contributed by atoms with van der Waals surface area (Å²) < 4.78 is 5.22. The Hall–Kier alpha value is -2.37. The molecule has 0 aromatic heterocycles. The molecular weight excluding hydrogens is 436 g/mol. The summed E-state index contributed by atoms with van der Waals surface area (Å²) in [6.45, 7) is 4.85. The normalized spacial score (nSPS) is 23.8. The van der Waals surface area contributed by atoms with Crippen LogP contribution in [0.4, 0.5) is 0 Å². The maximum atomic E-state index is 13.5. The van der Waals surface area contributed by atoms with Crippen molar-refractivity contribution in [2.24, 2.45) is 11.8 Å². The zero-order valence-corrected chi connectivity index (χ0v) is 20.0. The quantitative estimate of drug-likeness (QED) is 0.554. The van der Waals surface area contributed by atoms with Gasteiger partial charge in [-0.25, -0.2) is 0 Å². The third kappa shape index (κ3) is 5.96. The number of carbonyl (C=O) groups excluding carboxylic acids is 2. The zero-order valence-electron chi connectivity index (χ0n) is 19.3. The minimum atomic E-state index is -0.203. The number of nitrogens with zero attached hydrogens (tertiary/aromatic N) is 2. The van der Waals surface area contributed by atoms with Crippen LogP contribution < -0.4 is 0 Å². The predicted octanol–water partition coefficient (Wildman–Crippen LogP) is 5.10. The molecule has 2 fully saturated rings. The first kappa shape index (κ1) is 23.8. The fraction of sp³-hybridized carbons (Fsp3) is 0.481. The van der Waals surface area contributed by atoms with Crippen molar-refractivity contribution in [2.45, 2.75) is 45.2 Å². The van der Waals surface area contributed by atoms with E-state index in [0.29, 0.717) is 19.7 Å². The van der Waals surface area contributed by atoms with E-state index in [9.17, 15) is 9.59 Å². The molecule has 0 bridgehead atoms. The molecule has 2 aliphatic rings. The molecule has 2 aromatic rings. The molecule has 3 atom stereocenters. The maximum absolute atomic E-state index is 13.5. The number of halogens is 1. The minimum Gasteiger partial charge on any atom is -0.466 e. The van der Waals surface area contributed by atoms with Crippen LogP contribution in [0.25, 0.3) is 0 Å². The Labute approximate surface area is 201 Å². The first-order chi connectivity index (χ1) is 16.0. The monoisotopic (exact) mass is 468 g/mol. The molecule has 2 aromatic carbocycles. The topological polar surface area (TPSA) is 49.9 Å². The first-order valence-electron chi connectivity index (χ1n) is 12.0. The van der Waals surface area contributed by atoms with Gasteiger partial charge < -0.3 is 9.64 Å². The molecule has 0 radical (unpaired) electrons. The third-order valence-corrected chi connectivity index (χ3v) is 7.08. The van der Waals surface area contributed by atoms with Crippen molar-refractivity contribution in [2.75, 3.05) is 26.2 Å². The smallest absolute Gasteiger partial charge is 0.310 e. The van der Waals surface area contributed by atoms with Gasteiger partial charge >= 0.3 is 5.97 Å². The second-order valence-corrected chi connectivity index (χ2v) is 9.57. The molecule has 2 aliphatic heterocycles. The van der Waals surface area contributed by atoms with E-state index in [1.807, 2.05) is 36.1 Å². The average molecular weight is 469 g/mol. The molecule has 2 saturated heterocycles. The van der Waals surface area contributed by atoms with Crippen molar-refractivity contribution < 1.29 is 14.3 Å². The summed E-state index contributed by atoms with van der Waals surface area (Å²) in [5, 5.41) is 0.728. The lowest BCUT2D eigenvalue weighted by Gasteiger charge is -2.42. The molecule has 0 saturated carbocycles. The molecule has 2 heterocycles. The summed E-state index contributed by atoms with van der Waals surface area (Å²) in [5.74, 6) is -0.270. The van der Waals surface area contributed by atoms with E-state index in [1.54, 1.807) is 0 Å². The zero-order chi connectivity index (χ0) is 23.2. The highest BCUT2D eigenvalue weighted by molar-refractivity contribution is 6.30. The SMILES string of the molecule is CCOC(=O)[C@@H]1CCCN(C(=O)[C@@H]2CC[C@@H](c3ccccc3)N(Cc3cccc(Cl)c3)C2)C1. The van der Waals surface area contributed by atoms with E-state index in [-0.39, 0.29) is 29.8 Å². The number of amides is 1. The summed E-state index contributed by atoms with van der Waals surface area (Å²) in [6, 6.07) is 18.8. The van der Waals surface area contributed by atoms with Gasteiger partial charge in [0.1, 0.15) is 0 Å². The largest absolute Gasteiger partial charge is 0.466 e. The van der Waals surface area contributed by atoms with Gasteiger partial charge in [0.2, 0.25) is 5.91 Å². The van der Waals surface area contributed by atoms with Gasteiger partial charge in [-0.2, -0.15) is 0 Å². The lowest BCUT2D eigenvalue weighted by atomic mass is 9.87. The summed E-state index contributed by atoms with van der Waals surface area (Å²) in [7, 11) is 0. The second-order valence-electron chi connectivity index (χ2n) is 9.14. The van der Waals surface area contributed by atoms with Crippen LogP contribution in [0, 0.1) is 11.8 Å². The van der Waals surface area contributed by atoms with Crippen LogP contribution in [0.2, 0.25) is 5.02 Å². The van der Waals surface area contributed by atoms with Gasteiger partial charge in [0.05, 0.1) is 18.4 Å². The van der Waals surface area contributed by atoms with Gasteiger partial charge in [-0.15, -0.1) is 0 Å². The van der Waals surface area contributed by atoms with Gasteiger partial charge in [-0.1, -0.05) is 54.1 Å². The summed E-state index contributed by atoms with van der Waals surface area (Å²) >= 11 is 6.24. The Morgan fingerprint density at radius 2 is 1.82 bits per heavy atom. The van der Waals surface area contributed by atoms with Gasteiger partial charge in [-0.05, 0) is 55.9 Å². The van der Waals surface area contributed by atoms with Crippen LogP contribution in [-0.4, -0.2) is 47.9 Å². The van der Waals surface area contributed by atoms with Crippen molar-refractivity contribution in [3.8, 4) is 0 Å². The van der Waals surface area contributed by atoms with E-state index in [2.05, 4.69) is 35.2 Å². The van der Waals surface area contributed by atoms with E-state index in [4.69, 9.17) is 16.3 Å². The van der Waals surface area contributed by atoms with Crippen molar-refractivity contribution in [3.63, 3.8) is 0 Å². The Morgan fingerprint density at radius 1 is 1.00 bits per heavy atom. The number of esters is 1. The highest BCUT2D eigenvalue weighted by Crippen LogP contribution is 2.36. The van der Waals surface area contributed by atoms with E-state index in [0.717, 1.165) is 49.4 Å². The molecule has 0 spiro atoms. The third-order valence-electron chi connectivity index (χ3n) is 6.85. The molecule has 33 heavy (non-hydrogen) atoms. The number of carbonyl (C=O) groups is 2. The van der Waals surface area contributed by atoms with Crippen molar-refractivity contribution >= 4 is 23.5 Å². The lowest BCUT2D eigenvalue weighted by molar-refractivity contribution is -0.152. The summed E-state index contributed by atoms with van der Waals surface area (Å²) in [5.41, 5.74) is 2.43. The van der Waals surface area contributed by atoms with Gasteiger partial charge in [0.25, 0.3) is 0 Å². The molecule has 0 unspecified atom stereocenters. The van der Waals surface area contributed by atoms with Crippen LogP contribution in [0.1, 0.15) is 49.8 Å². The van der Waals surface area contributed by atoms with Crippen LogP contribution in [0.3, 0.4) is 0 Å². The van der Waals surface area contributed by atoms with Crippen LogP contribution in [-0.2, 0) is 20.9 Å². The molecular formula is C27H33ClN2O3. The number of likely N-dealkylation sites (tertiary alicyclic amines) is 2. The Kier molecular flexibility index (Phi) is 8.05. The number of benzene rings is 2. The molecule has 176 valence electrons. The molecule has 4 rings (SSSR count).